The molecule has 1 unspecified atom stereocenters. The van der Waals surface area contributed by atoms with E-state index in [1.807, 2.05) is 32.9 Å². The Morgan fingerprint density at radius 1 is 1.24 bits per heavy atom. The summed E-state index contributed by atoms with van der Waals surface area (Å²) < 4.78 is 6.89. The largest absolute Gasteiger partial charge is 0.427 e. The minimum Gasteiger partial charge on any atom is -0.427 e. The van der Waals surface area contributed by atoms with Gasteiger partial charge in [-0.05, 0) is 38.5 Å². The number of nitrogens with one attached hydrogen (secondary N) is 2. The summed E-state index contributed by atoms with van der Waals surface area (Å²) in [7, 11) is 0. The van der Waals surface area contributed by atoms with Gasteiger partial charge in [0.2, 0.25) is 5.95 Å². The molecule has 10 nitrogen and oxygen atoms in total. The Morgan fingerprint density at radius 2 is 2.03 bits per heavy atom. The molecule has 0 amide bonds. The molecule has 1 atom stereocenters. The zero-order valence-electron chi connectivity index (χ0n) is 17.0. The van der Waals surface area contributed by atoms with Gasteiger partial charge in [0.1, 0.15) is 5.75 Å². The van der Waals surface area contributed by atoms with E-state index in [2.05, 4.69) is 30.9 Å². The number of carbonyl (C=O) groups is 1. The fourth-order valence-corrected chi connectivity index (χ4v) is 2.70. The molecular formula is C19H26N8O2. The van der Waals surface area contributed by atoms with Crippen LogP contribution in [-0.4, -0.2) is 43.5 Å². The quantitative estimate of drug-likeness (QED) is 0.385. The van der Waals surface area contributed by atoms with Crippen LogP contribution < -0.4 is 21.1 Å². The van der Waals surface area contributed by atoms with Crippen molar-refractivity contribution in [2.24, 2.45) is 5.73 Å². The van der Waals surface area contributed by atoms with Gasteiger partial charge in [0.25, 0.3) is 0 Å². The Morgan fingerprint density at radius 3 is 2.72 bits per heavy atom. The number of hydrogen-bond donors (Lipinski definition) is 3. The van der Waals surface area contributed by atoms with Crippen molar-refractivity contribution in [1.29, 1.82) is 0 Å². The molecule has 1 aromatic carbocycles. The highest BCUT2D eigenvalue weighted by Crippen LogP contribution is 2.23. The zero-order chi connectivity index (χ0) is 21.0. The predicted octanol–water partition coefficient (Wildman–Crippen LogP) is 2.10. The van der Waals surface area contributed by atoms with Gasteiger partial charge in [-0.3, -0.25) is 4.79 Å². The molecule has 0 aliphatic heterocycles. The highest BCUT2D eigenvalue weighted by molar-refractivity contribution is 5.83. The van der Waals surface area contributed by atoms with Gasteiger partial charge in [-0.2, -0.15) is 9.97 Å². The Labute approximate surface area is 168 Å². The number of aromatic nitrogens is 5. The van der Waals surface area contributed by atoms with Gasteiger partial charge < -0.3 is 21.1 Å². The molecule has 4 N–H and O–H groups in total. The van der Waals surface area contributed by atoms with Crippen LogP contribution in [0.5, 0.6) is 5.75 Å². The molecule has 0 bridgehead atoms. The predicted molar refractivity (Wildman–Crippen MR) is 111 cm³/mol. The number of ether oxygens (including phenoxy) is 1. The summed E-state index contributed by atoms with van der Waals surface area (Å²) in [6, 6.07) is 7.35. The standard InChI is InChI=1S/C19H26N8O2/c1-11(2)27-18-16(25-26-27)17(23-19(24-18)22-9-12(3)20)21-10-14-6-5-7-15(8-14)29-13(4)28/h5-8,11-12H,9-10,20H2,1-4H3,(H2,21,22,23,24). The van der Waals surface area contributed by atoms with Crippen LogP contribution in [0, 0.1) is 0 Å². The topological polar surface area (TPSA) is 133 Å². The number of nitrogens with two attached hydrogens (primary N) is 1. The van der Waals surface area contributed by atoms with E-state index in [1.54, 1.807) is 16.8 Å². The van der Waals surface area contributed by atoms with E-state index in [9.17, 15) is 4.79 Å². The SMILES string of the molecule is CC(=O)Oc1cccc(CNc2nc(NCC(C)N)nc3c2nnn3C(C)C)c1. The second-order valence-corrected chi connectivity index (χ2v) is 7.15. The Bertz CT molecular complexity index is 999. The molecule has 0 aliphatic carbocycles. The van der Waals surface area contributed by atoms with Crippen LogP contribution in [-0.2, 0) is 11.3 Å². The first-order chi connectivity index (χ1) is 13.8. The second kappa shape index (κ2) is 8.82. The Kier molecular flexibility index (Phi) is 6.23. The molecule has 2 heterocycles. The van der Waals surface area contributed by atoms with Gasteiger partial charge in [0.05, 0.1) is 6.04 Å². The number of nitrogens with zero attached hydrogens (tertiary/aromatic N) is 5. The number of rotatable bonds is 8. The zero-order valence-corrected chi connectivity index (χ0v) is 17.0. The van der Waals surface area contributed by atoms with Crippen molar-refractivity contribution in [2.75, 3.05) is 17.2 Å². The molecule has 0 aliphatic rings. The molecule has 29 heavy (non-hydrogen) atoms. The monoisotopic (exact) mass is 398 g/mol. The van der Waals surface area contributed by atoms with Crippen molar-refractivity contribution in [1.82, 2.24) is 25.0 Å². The fourth-order valence-electron chi connectivity index (χ4n) is 2.70. The maximum atomic E-state index is 11.2. The molecule has 2 aromatic heterocycles. The molecule has 154 valence electrons. The number of anilines is 2. The Balaban J connectivity index is 1.88. The van der Waals surface area contributed by atoms with Crippen molar-refractivity contribution in [3.05, 3.63) is 29.8 Å². The van der Waals surface area contributed by atoms with Gasteiger partial charge >= 0.3 is 5.97 Å². The molecule has 0 saturated heterocycles. The third-order valence-corrected chi connectivity index (χ3v) is 4.01. The van der Waals surface area contributed by atoms with Crippen molar-refractivity contribution in [3.8, 4) is 5.75 Å². The van der Waals surface area contributed by atoms with E-state index >= 15 is 0 Å². The number of hydrogen-bond acceptors (Lipinski definition) is 9. The molecule has 0 spiro atoms. The molecule has 3 aromatic rings. The van der Waals surface area contributed by atoms with Gasteiger partial charge in [-0.1, -0.05) is 17.3 Å². The van der Waals surface area contributed by atoms with Crippen LogP contribution in [0.1, 0.15) is 39.3 Å². The van der Waals surface area contributed by atoms with E-state index in [1.165, 1.54) is 6.92 Å². The van der Waals surface area contributed by atoms with Crippen LogP contribution in [0.25, 0.3) is 11.2 Å². The van der Waals surface area contributed by atoms with E-state index in [4.69, 9.17) is 10.5 Å². The first kappa shape index (κ1) is 20.5. The number of fused-ring (bicyclic) bond motifs is 1. The molecule has 0 fully saturated rings. The average Bonchev–Trinajstić information content (AvgIpc) is 3.08. The van der Waals surface area contributed by atoms with Crippen molar-refractivity contribution < 1.29 is 9.53 Å². The van der Waals surface area contributed by atoms with Crippen LogP contribution in [0.2, 0.25) is 0 Å². The van der Waals surface area contributed by atoms with Crippen LogP contribution in [0.4, 0.5) is 11.8 Å². The third kappa shape index (κ3) is 5.17. The highest BCUT2D eigenvalue weighted by Gasteiger charge is 2.16. The summed E-state index contributed by atoms with van der Waals surface area (Å²) in [5.41, 5.74) is 7.98. The molecule has 0 radical (unpaired) electrons. The van der Waals surface area contributed by atoms with E-state index < -0.39 is 0 Å². The summed E-state index contributed by atoms with van der Waals surface area (Å²) in [5.74, 6) is 1.15. The Hall–Kier alpha value is -3.27. The van der Waals surface area contributed by atoms with Crippen LogP contribution in [0.3, 0.4) is 0 Å². The first-order valence-corrected chi connectivity index (χ1v) is 9.47. The summed E-state index contributed by atoms with van der Waals surface area (Å²) in [6.07, 6.45) is 0. The lowest BCUT2D eigenvalue weighted by atomic mass is 10.2. The lowest BCUT2D eigenvalue weighted by Gasteiger charge is -2.12. The fraction of sp³-hybridized carbons (Fsp3) is 0.421. The molecule has 10 heteroatoms. The summed E-state index contributed by atoms with van der Waals surface area (Å²) in [6.45, 7) is 8.30. The third-order valence-electron chi connectivity index (χ3n) is 4.01. The smallest absolute Gasteiger partial charge is 0.308 e. The summed E-state index contributed by atoms with van der Waals surface area (Å²) in [4.78, 5) is 20.3. The van der Waals surface area contributed by atoms with Crippen molar-refractivity contribution >= 4 is 28.9 Å². The van der Waals surface area contributed by atoms with Gasteiger partial charge in [-0.25, -0.2) is 4.68 Å². The highest BCUT2D eigenvalue weighted by atomic mass is 16.5. The molecule has 3 rings (SSSR count). The summed E-state index contributed by atoms with van der Waals surface area (Å²) >= 11 is 0. The van der Waals surface area contributed by atoms with Crippen LogP contribution >= 0.6 is 0 Å². The minimum atomic E-state index is -0.359. The number of carbonyl (C=O) groups excluding carboxylic acids is 1. The van der Waals surface area contributed by atoms with E-state index in [0.717, 1.165) is 5.56 Å². The maximum absolute atomic E-state index is 11.2. The van der Waals surface area contributed by atoms with E-state index in [-0.39, 0.29) is 18.1 Å². The first-order valence-electron chi connectivity index (χ1n) is 9.47. The lowest BCUT2D eigenvalue weighted by Crippen LogP contribution is -2.26. The van der Waals surface area contributed by atoms with Crippen molar-refractivity contribution in [2.45, 2.75) is 46.3 Å². The maximum Gasteiger partial charge on any atom is 0.308 e. The van der Waals surface area contributed by atoms with E-state index in [0.29, 0.717) is 41.8 Å². The summed E-state index contributed by atoms with van der Waals surface area (Å²) in [5, 5.41) is 14.9. The molecular weight excluding hydrogens is 372 g/mol. The average molecular weight is 398 g/mol. The van der Waals surface area contributed by atoms with Gasteiger partial charge in [0.15, 0.2) is 17.0 Å². The number of benzene rings is 1. The molecule has 0 saturated carbocycles. The van der Waals surface area contributed by atoms with Gasteiger partial charge in [-0.15, -0.1) is 5.10 Å². The normalized spacial score (nSPS) is 12.2. The second-order valence-electron chi connectivity index (χ2n) is 7.15. The minimum absolute atomic E-state index is 0.0390. The van der Waals surface area contributed by atoms with Crippen LogP contribution in [0.15, 0.2) is 24.3 Å². The van der Waals surface area contributed by atoms with Crippen molar-refractivity contribution in [3.63, 3.8) is 0 Å². The number of esters is 1. The lowest BCUT2D eigenvalue weighted by molar-refractivity contribution is -0.131. The van der Waals surface area contributed by atoms with Gasteiger partial charge in [0, 0.05) is 26.1 Å².